The van der Waals surface area contributed by atoms with Gasteiger partial charge in [0.05, 0.1) is 41.1 Å². The van der Waals surface area contributed by atoms with Crippen molar-refractivity contribution in [2.75, 3.05) is 0 Å². The quantitative estimate of drug-likeness (QED) is 0.860. The van der Waals surface area contributed by atoms with E-state index in [1.54, 1.807) is 10.9 Å². The van der Waals surface area contributed by atoms with Gasteiger partial charge in [0.15, 0.2) is 5.82 Å². The number of hydrogen-bond donors (Lipinski definition) is 1. The number of aryl methyl sites for hydroxylation is 1. The lowest BCUT2D eigenvalue weighted by atomic mass is 10.4. The molecule has 2 aromatic heterocycles. The van der Waals surface area contributed by atoms with Gasteiger partial charge < -0.3 is 5.11 Å². The number of aliphatic hydroxyl groups is 1. The number of nitrogens with zero attached hydrogens (tertiary/aromatic N) is 4. The molecule has 0 atom stereocenters. The fraction of sp³-hybridized carbons (Fsp3) is 0.300. The van der Waals surface area contributed by atoms with Crippen molar-refractivity contribution in [2.24, 2.45) is 0 Å². The first-order valence-corrected chi connectivity index (χ1v) is 5.15. The van der Waals surface area contributed by atoms with Gasteiger partial charge in [-0.3, -0.25) is 4.98 Å². The fourth-order valence-corrected chi connectivity index (χ4v) is 1.50. The molecule has 0 radical (unpaired) electrons. The van der Waals surface area contributed by atoms with Crippen LogP contribution in [-0.2, 0) is 6.61 Å². The summed E-state index contributed by atoms with van der Waals surface area (Å²) in [6, 6.07) is 0. The largest absolute Gasteiger partial charge is 0.390 e. The lowest BCUT2D eigenvalue weighted by molar-refractivity contribution is 0.276. The molecule has 0 fully saturated rings. The topological polar surface area (TPSA) is 63.8 Å². The van der Waals surface area contributed by atoms with Gasteiger partial charge in [-0.25, -0.2) is 9.67 Å². The second-order valence-corrected chi connectivity index (χ2v) is 3.80. The molecule has 0 aromatic carbocycles. The Morgan fingerprint density at radius 3 is 2.50 bits per heavy atom. The highest BCUT2D eigenvalue weighted by atomic mass is 35.5. The van der Waals surface area contributed by atoms with Gasteiger partial charge in [0.25, 0.3) is 0 Å². The van der Waals surface area contributed by atoms with Gasteiger partial charge in [-0.05, 0) is 13.8 Å². The number of hydrogen-bond acceptors (Lipinski definition) is 4. The molecule has 0 spiro atoms. The maximum absolute atomic E-state index is 8.86. The first kappa shape index (κ1) is 11.0. The Bertz CT molecular complexity index is 506. The van der Waals surface area contributed by atoms with Crippen LogP contribution in [0.15, 0.2) is 12.4 Å². The summed E-state index contributed by atoms with van der Waals surface area (Å²) in [6.45, 7) is 3.58. The second-order valence-electron chi connectivity index (χ2n) is 3.42. The summed E-state index contributed by atoms with van der Waals surface area (Å²) in [5.74, 6) is 0.588. The van der Waals surface area contributed by atoms with Gasteiger partial charge in [0, 0.05) is 0 Å². The van der Waals surface area contributed by atoms with Gasteiger partial charge >= 0.3 is 0 Å². The van der Waals surface area contributed by atoms with Crippen molar-refractivity contribution in [1.82, 2.24) is 19.7 Å². The summed E-state index contributed by atoms with van der Waals surface area (Å²) < 4.78 is 1.63. The van der Waals surface area contributed by atoms with Crippen molar-refractivity contribution in [3.05, 3.63) is 34.5 Å². The van der Waals surface area contributed by atoms with Crippen LogP contribution in [0.2, 0.25) is 5.02 Å². The minimum Gasteiger partial charge on any atom is -0.390 e. The van der Waals surface area contributed by atoms with E-state index < -0.39 is 0 Å². The van der Waals surface area contributed by atoms with E-state index in [1.807, 2.05) is 13.8 Å². The molecule has 5 nitrogen and oxygen atoms in total. The number of aliphatic hydroxyl groups excluding tert-OH is 1. The zero-order chi connectivity index (χ0) is 11.7. The zero-order valence-corrected chi connectivity index (χ0v) is 9.73. The molecule has 2 rings (SSSR count). The molecular weight excluding hydrogens is 228 g/mol. The maximum atomic E-state index is 8.86. The summed E-state index contributed by atoms with van der Waals surface area (Å²) in [4.78, 5) is 8.19. The van der Waals surface area contributed by atoms with Crippen molar-refractivity contribution >= 4 is 11.6 Å². The molecular formula is C10H11ClN4O. The molecule has 6 heteroatoms. The molecule has 0 aliphatic carbocycles. The smallest absolute Gasteiger partial charge is 0.172 e. The molecule has 16 heavy (non-hydrogen) atoms. The first-order valence-electron chi connectivity index (χ1n) is 4.77. The summed E-state index contributed by atoms with van der Waals surface area (Å²) in [6.07, 6.45) is 3.07. The van der Waals surface area contributed by atoms with Gasteiger partial charge in [-0.15, -0.1) is 0 Å². The fourth-order valence-electron chi connectivity index (χ4n) is 1.39. The number of rotatable bonds is 2. The van der Waals surface area contributed by atoms with E-state index in [-0.39, 0.29) is 6.61 Å². The van der Waals surface area contributed by atoms with Crippen LogP contribution >= 0.6 is 11.6 Å². The van der Waals surface area contributed by atoms with Crippen molar-refractivity contribution in [3.8, 4) is 5.82 Å². The predicted octanol–water partition coefficient (Wildman–Crippen LogP) is 1.42. The molecule has 0 bridgehead atoms. The highest BCUT2D eigenvalue weighted by Gasteiger charge is 2.11. The molecule has 0 unspecified atom stereocenters. The minimum atomic E-state index is -0.120. The van der Waals surface area contributed by atoms with Gasteiger partial charge in [0.1, 0.15) is 0 Å². The van der Waals surface area contributed by atoms with Crippen LogP contribution < -0.4 is 0 Å². The van der Waals surface area contributed by atoms with E-state index in [0.29, 0.717) is 16.5 Å². The molecule has 0 saturated heterocycles. The first-order chi connectivity index (χ1) is 7.63. The van der Waals surface area contributed by atoms with E-state index in [0.717, 1.165) is 11.4 Å². The molecule has 0 amide bonds. The van der Waals surface area contributed by atoms with Gasteiger partial charge in [0.2, 0.25) is 0 Å². The minimum absolute atomic E-state index is 0.120. The lowest BCUT2D eigenvalue weighted by Crippen LogP contribution is -2.03. The Morgan fingerprint density at radius 2 is 2.06 bits per heavy atom. The third kappa shape index (κ3) is 1.79. The Morgan fingerprint density at radius 1 is 1.31 bits per heavy atom. The third-order valence-electron chi connectivity index (χ3n) is 2.27. The summed E-state index contributed by atoms with van der Waals surface area (Å²) in [7, 11) is 0. The molecule has 84 valence electrons. The van der Waals surface area contributed by atoms with Crippen LogP contribution in [0.25, 0.3) is 5.82 Å². The molecule has 2 heterocycles. The highest BCUT2D eigenvalue weighted by Crippen LogP contribution is 2.20. The van der Waals surface area contributed by atoms with Crippen LogP contribution in [0.3, 0.4) is 0 Å². The van der Waals surface area contributed by atoms with Crippen LogP contribution in [0.4, 0.5) is 0 Å². The average molecular weight is 239 g/mol. The Kier molecular flexibility index (Phi) is 2.89. The van der Waals surface area contributed by atoms with E-state index in [1.165, 1.54) is 6.20 Å². The van der Waals surface area contributed by atoms with Gasteiger partial charge in [-0.2, -0.15) is 5.10 Å². The Hall–Kier alpha value is -1.46. The van der Waals surface area contributed by atoms with E-state index in [2.05, 4.69) is 15.1 Å². The van der Waals surface area contributed by atoms with E-state index >= 15 is 0 Å². The Balaban J connectivity index is 2.46. The molecule has 0 aliphatic rings. The number of halogens is 1. The zero-order valence-electron chi connectivity index (χ0n) is 8.98. The number of aromatic nitrogens is 4. The SMILES string of the molecule is Cc1nn(-c2cnc(CO)cn2)c(C)c1Cl. The molecule has 0 aliphatic heterocycles. The van der Waals surface area contributed by atoms with Crippen LogP contribution in [0, 0.1) is 13.8 Å². The van der Waals surface area contributed by atoms with E-state index in [4.69, 9.17) is 16.7 Å². The monoisotopic (exact) mass is 238 g/mol. The van der Waals surface area contributed by atoms with E-state index in [9.17, 15) is 0 Å². The van der Waals surface area contributed by atoms with Crippen LogP contribution in [0.5, 0.6) is 0 Å². The van der Waals surface area contributed by atoms with Gasteiger partial charge in [-0.1, -0.05) is 11.6 Å². The van der Waals surface area contributed by atoms with Crippen molar-refractivity contribution in [3.63, 3.8) is 0 Å². The van der Waals surface area contributed by atoms with Crippen molar-refractivity contribution in [1.29, 1.82) is 0 Å². The standard InChI is InChI=1S/C10H11ClN4O/c1-6-10(11)7(2)15(14-6)9-4-12-8(5-16)3-13-9/h3-4,16H,5H2,1-2H3. The summed E-state index contributed by atoms with van der Waals surface area (Å²) in [5, 5.41) is 13.7. The molecule has 1 N–H and O–H groups in total. The average Bonchev–Trinajstić information content (AvgIpc) is 2.57. The Labute approximate surface area is 97.7 Å². The lowest BCUT2D eigenvalue weighted by Gasteiger charge is -2.02. The third-order valence-corrected chi connectivity index (χ3v) is 2.82. The predicted molar refractivity (Wildman–Crippen MR) is 59.6 cm³/mol. The summed E-state index contributed by atoms with van der Waals surface area (Å²) in [5.41, 5.74) is 2.11. The van der Waals surface area contributed by atoms with Crippen molar-refractivity contribution < 1.29 is 5.11 Å². The normalized spacial score (nSPS) is 10.8. The maximum Gasteiger partial charge on any atom is 0.172 e. The van der Waals surface area contributed by atoms with Crippen LogP contribution in [0.1, 0.15) is 17.1 Å². The van der Waals surface area contributed by atoms with Crippen molar-refractivity contribution in [2.45, 2.75) is 20.5 Å². The highest BCUT2D eigenvalue weighted by molar-refractivity contribution is 6.31. The molecule has 2 aromatic rings. The summed E-state index contributed by atoms with van der Waals surface area (Å²) >= 11 is 6.04. The van der Waals surface area contributed by atoms with Crippen LogP contribution in [-0.4, -0.2) is 24.9 Å². The molecule has 0 saturated carbocycles. The second kappa shape index (κ2) is 4.19.